The highest BCUT2D eigenvalue weighted by atomic mass is 32.1. The SMILES string of the molecule is CCc1ccc(-c2cn3c(CC(=O)NC(C)c4ccccc4)csc3n2)cc1. The quantitative estimate of drug-likeness (QED) is 0.502. The van der Waals surface area contributed by atoms with Crippen molar-refractivity contribution >= 4 is 22.2 Å². The summed E-state index contributed by atoms with van der Waals surface area (Å²) in [7, 11) is 0. The largest absolute Gasteiger partial charge is 0.349 e. The highest BCUT2D eigenvalue weighted by molar-refractivity contribution is 7.15. The first-order valence-corrected chi connectivity index (χ1v) is 10.4. The highest BCUT2D eigenvalue weighted by Crippen LogP contribution is 2.24. The molecule has 1 amide bonds. The molecule has 4 aromatic rings. The lowest BCUT2D eigenvalue weighted by atomic mass is 10.1. The number of aromatic nitrogens is 2. The van der Waals surface area contributed by atoms with Crippen molar-refractivity contribution in [3.8, 4) is 11.3 Å². The summed E-state index contributed by atoms with van der Waals surface area (Å²) in [5.41, 5.74) is 5.41. The zero-order valence-electron chi connectivity index (χ0n) is 16.1. The predicted octanol–water partition coefficient (Wildman–Crippen LogP) is 5.05. The number of hydrogen-bond acceptors (Lipinski definition) is 3. The molecule has 4 nitrogen and oxygen atoms in total. The van der Waals surface area contributed by atoms with Crippen LogP contribution in [0.5, 0.6) is 0 Å². The van der Waals surface area contributed by atoms with Crippen LogP contribution in [0.25, 0.3) is 16.2 Å². The molecule has 0 saturated carbocycles. The van der Waals surface area contributed by atoms with Crippen LogP contribution in [0, 0.1) is 0 Å². The Hall–Kier alpha value is -2.92. The van der Waals surface area contributed by atoms with E-state index in [-0.39, 0.29) is 11.9 Å². The molecule has 0 radical (unpaired) electrons. The van der Waals surface area contributed by atoms with Gasteiger partial charge in [0.2, 0.25) is 5.91 Å². The molecule has 1 unspecified atom stereocenters. The van der Waals surface area contributed by atoms with Gasteiger partial charge in [-0.25, -0.2) is 4.98 Å². The van der Waals surface area contributed by atoms with Crippen LogP contribution >= 0.6 is 11.3 Å². The van der Waals surface area contributed by atoms with Crippen molar-refractivity contribution in [3.05, 3.63) is 83.0 Å². The molecule has 0 spiro atoms. The van der Waals surface area contributed by atoms with Crippen LogP contribution in [-0.2, 0) is 17.6 Å². The molecular weight excluding hydrogens is 366 g/mol. The molecule has 0 aliphatic carbocycles. The van der Waals surface area contributed by atoms with Crippen molar-refractivity contribution in [1.82, 2.24) is 14.7 Å². The Balaban J connectivity index is 1.49. The van der Waals surface area contributed by atoms with E-state index in [1.165, 1.54) is 5.56 Å². The summed E-state index contributed by atoms with van der Waals surface area (Å²) in [6, 6.07) is 18.5. The molecule has 0 aliphatic heterocycles. The first kappa shape index (κ1) is 18.4. The maximum Gasteiger partial charge on any atom is 0.226 e. The molecule has 4 rings (SSSR count). The second-order valence-corrected chi connectivity index (χ2v) is 7.77. The van der Waals surface area contributed by atoms with Gasteiger partial charge in [-0.3, -0.25) is 9.20 Å². The van der Waals surface area contributed by atoms with E-state index >= 15 is 0 Å². The number of amides is 1. The van der Waals surface area contributed by atoms with E-state index in [4.69, 9.17) is 4.98 Å². The molecule has 1 N–H and O–H groups in total. The van der Waals surface area contributed by atoms with Gasteiger partial charge in [0.15, 0.2) is 4.96 Å². The van der Waals surface area contributed by atoms with Crippen molar-refractivity contribution in [2.75, 3.05) is 0 Å². The smallest absolute Gasteiger partial charge is 0.226 e. The van der Waals surface area contributed by atoms with Gasteiger partial charge in [-0.1, -0.05) is 61.5 Å². The number of nitrogens with zero attached hydrogens (tertiary/aromatic N) is 2. The second kappa shape index (κ2) is 7.98. The molecular formula is C23H23N3OS. The van der Waals surface area contributed by atoms with Crippen LogP contribution in [0.15, 0.2) is 66.2 Å². The van der Waals surface area contributed by atoms with E-state index in [1.54, 1.807) is 11.3 Å². The molecule has 142 valence electrons. The normalized spacial score (nSPS) is 12.2. The fraction of sp³-hybridized carbons (Fsp3) is 0.217. The van der Waals surface area contributed by atoms with Crippen LogP contribution in [0.4, 0.5) is 0 Å². The number of carbonyl (C=O) groups is 1. The number of hydrogen-bond donors (Lipinski definition) is 1. The number of thiazole rings is 1. The lowest BCUT2D eigenvalue weighted by molar-refractivity contribution is -0.121. The number of aryl methyl sites for hydroxylation is 1. The molecule has 2 aromatic carbocycles. The van der Waals surface area contributed by atoms with Crippen molar-refractivity contribution in [3.63, 3.8) is 0 Å². The summed E-state index contributed by atoms with van der Waals surface area (Å²) < 4.78 is 2.03. The summed E-state index contributed by atoms with van der Waals surface area (Å²) in [6.07, 6.45) is 3.39. The zero-order chi connectivity index (χ0) is 19.5. The second-order valence-electron chi connectivity index (χ2n) is 6.93. The maximum atomic E-state index is 12.5. The molecule has 0 aliphatic rings. The maximum absolute atomic E-state index is 12.5. The lowest BCUT2D eigenvalue weighted by Gasteiger charge is -2.14. The Morgan fingerprint density at radius 3 is 2.61 bits per heavy atom. The van der Waals surface area contributed by atoms with Gasteiger partial charge in [-0.2, -0.15) is 0 Å². The van der Waals surface area contributed by atoms with E-state index < -0.39 is 0 Å². The van der Waals surface area contributed by atoms with Gasteiger partial charge in [-0.05, 0) is 24.5 Å². The van der Waals surface area contributed by atoms with Crippen molar-refractivity contribution in [1.29, 1.82) is 0 Å². The van der Waals surface area contributed by atoms with Crippen molar-refractivity contribution in [2.24, 2.45) is 0 Å². The van der Waals surface area contributed by atoms with Crippen LogP contribution in [0.3, 0.4) is 0 Å². The molecule has 0 fully saturated rings. The molecule has 2 heterocycles. The Morgan fingerprint density at radius 1 is 1.14 bits per heavy atom. The van der Waals surface area contributed by atoms with Gasteiger partial charge in [0.1, 0.15) is 0 Å². The number of fused-ring (bicyclic) bond motifs is 1. The van der Waals surface area contributed by atoms with Crippen LogP contribution < -0.4 is 5.32 Å². The minimum absolute atomic E-state index is 0.0126. The third-order valence-electron chi connectivity index (χ3n) is 4.96. The van der Waals surface area contributed by atoms with Gasteiger partial charge in [0.05, 0.1) is 18.2 Å². The van der Waals surface area contributed by atoms with Crippen LogP contribution in [-0.4, -0.2) is 15.3 Å². The zero-order valence-corrected chi connectivity index (χ0v) is 16.9. The van der Waals surface area contributed by atoms with Gasteiger partial charge in [-0.15, -0.1) is 11.3 Å². The van der Waals surface area contributed by atoms with Crippen molar-refractivity contribution < 1.29 is 4.79 Å². The minimum Gasteiger partial charge on any atom is -0.349 e. The van der Waals surface area contributed by atoms with E-state index in [0.29, 0.717) is 6.42 Å². The van der Waals surface area contributed by atoms with Crippen LogP contribution in [0.2, 0.25) is 0 Å². The predicted molar refractivity (Wildman–Crippen MR) is 115 cm³/mol. The van der Waals surface area contributed by atoms with Crippen molar-refractivity contribution in [2.45, 2.75) is 32.7 Å². The van der Waals surface area contributed by atoms with Gasteiger partial charge in [0, 0.05) is 22.8 Å². The van der Waals surface area contributed by atoms with E-state index in [0.717, 1.165) is 33.9 Å². The third kappa shape index (κ3) is 3.85. The van der Waals surface area contributed by atoms with Gasteiger partial charge in [0.25, 0.3) is 0 Å². The Kier molecular flexibility index (Phi) is 5.26. The fourth-order valence-electron chi connectivity index (χ4n) is 3.29. The van der Waals surface area contributed by atoms with Crippen LogP contribution in [0.1, 0.15) is 36.7 Å². The topological polar surface area (TPSA) is 46.4 Å². The average molecular weight is 390 g/mol. The number of benzene rings is 2. The molecule has 1 atom stereocenters. The molecule has 0 bridgehead atoms. The fourth-order valence-corrected chi connectivity index (χ4v) is 4.16. The van der Waals surface area contributed by atoms with Gasteiger partial charge < -0.3 is 5.32 Å². The minimum atomic E-state index is -0.0155. The monoisotopic (exact) mass is 389 g/mol. The summed E-state index contributed by atoms with van der Waals surface area (Å²) in [6.45, 7) is 4.16. The number of rotatable bonds is 6. The number of carbonyl (C=O) groups excluding carboxylic acids is 1. The molecule has 5 heteroatoms. The summed E-state index contributed by atoms with van der Waals surface area (Å²) in [5.74, 6) is 0.0126. The first-order valence-electron chi connectivity index (χ1n) is 9.53. The molecule has 2 aromatic heterocycles. The molecule has 0 saturated heterocycles. The molecule has 28 heavy (non-hydrogen) atoms. The standard InChI is InChI=1S/C23H23N3OS/c1-3-17-9-11-19(12-10-17)21-14-26-20(15-28-23(26)25-21)13-22(27)24-16(2)18-7-5-4-6-8-18/h4-12,14-16H,3,13H2,1-2H3,(H,24,27). The third-order valence-corrected chi connectivity index (χ3v) is 5.85. The van der Waals surface area contributed by atoms with E-state index in [2.05, 4.69) is 36.5 Å². The lowest BCUT2D eigenvalue weighted by Crippen LogP contribution is -2.28. The van der Waals surface area contributed by atoms with E-state index in [9.17, 15) is 4.79 Å². The van der Waals surface area contributed by atoms with Gasteiger partial charge >= 0.3 is 0 Å². The summed E-state index contributed by atoms with van der Waals surface area (Å²) in [4.78, 5) is 18.2. The number of nitrogens with one attached hydrogen (secondary N) is 1. The Labute approximate surface area is 168 Å². The van der Waals surface area contributed by atoms with E-state index in [1.807, 2.05) is 53.2 Å². The average Bonchev–Trinajstić information content (AvgIpc) is 3.30. The summed E-state index contributed by atoms with van der Waals surface area (Å²) >= 11 is 1.57. The first-order chi connectivity index (χ1) is 13.6. The Morgan fingerprint density at radius 2 is 1.89 bits per heavy atom. The highest BCUT2D eigenvalue weighted by Gasteiger charge is 2.14. The summed E-state index contributed by atoms with van der Waals surface area (Å²) in [5, 5.41) is 5.10. The number of imidazole rings is 1. The Bertz CT molecular complexity index is 1080.